The zero-order valence-corrected chi connectivity index (χ0v) is 23.3. The van der Waals surface area contributed by atoms with Crippen LogP contribution in [0.4, 0.5) is 0 Å². The van der Waals surface area contributed by atoms with Crippen LogP contribution in [0.5, 0.6) is 5.75 Å². The lowest BCUT2D eigenvalue weighted by Crippen LogP contribution is -2.56. The fraction of sp³-hybridized carbons (Fsp3) is 0.333. The lowest BCUT2D eigenvalue weighted by Gasteiger charge is -2.28. The van der Waals surface area contributed by atoms with Crippen LogP contribution in [0, 0.1) is 6.92 Å². The van der Waals surface area contributed by atoms with Crippen molar-refractivity contribution in [2.75, 3.05) is 19.8 Å². The molecule has 200 valence electrons. The number of carbonyl (C=O) groups excluding carboxylic acids is 1. The minimum absolute atomic E-state index is 0.0872. The number of rotatable bonds is 12. The average molecular weight is 581 g/mol. The largest absolute Gasteiger partial charge is 0.494 e. The molecule has 1 amide bonds. The summed E-state index contributed by atoms with van der Waals surface area (Å²) in [5.74, 6) is 0.882. The van der Waals surface area contributed by atoms with Gasteiger partial charge in [-0.3, -0.25) is 10.2 Å². The van der Waals surface area contributed by atoms with E-state index in [4.69, 9.17) is 19.6 Å². The molecule has 3 N–H and O–H groups in total. The Balaban J connectivity index is 1.50. The van der Waals surface area contributed by atoms with Crippen molar-refractivity contribution in [2.24, 2.45) is 4.99 Å². The van der Waals surface area contributed by atoms with Crippen molar-refractivity contribution in [1.29, 1.82) is 0 Å². The molecule has 7 nitrogen and oxygen atoms in total. The first-order chi connectivity index (χ1) is 18.4. The molecule has 3 aromatic rings. The van der Waals surface area contributed by atoms with E-state index in [9.17, 15) is 4.79 Å². The van der Waals surface area contributed by atoms with Crippen molar-refractivity contribution < 1.29 is 19.4 Å². The van der Waals surface area contributed by atoms with Crippen LogP contribution in [-0.4, -0.2) is 48.3 Å². The minimum Gasteiger partial charge on any atom is -0.494 e. The summed E-state index contributed by atoms with van der Waals surface area (Å²) < 4.78 is 12.8. The Morgan fingerprint density at radius 3 is 2.42 bits per heavy atom. The van der Waals surface area contributed by atoms with Gasteiger partial charge >= 0.3 is 0 Å². The fourth-order valence-corrected chi connectivity index (χ4v) is 4.53. The fourth-order valence-electron chi connectivity index (χ4n) is 4.27. The number of aliphatic imine (C=N–C) groups is 1. The molecule has 0 fully saturated rings. The number of nitrogens with zero attached hydrogens (tertiary/aromatic N) is 1. The molecule has 0 aromatic heterocycles. The molecule has 1 aliphatic rings. The Kier molecular flexibility index (Phi) is 9.55. The summed E-state index contributed by atoms with van der Waals surface area (Å²) in [7, 11) is 0. The van der Waals surface area contributed by atoms with Crippen LogP contribution in [0.15, 0.2) is 82.3 Å². The Hall–Kier alpha value is -3.20. The molecule has 1 heterocycles. The van der Waals surface area contributed by atoms with E-state index in [2.05, 4.69) is 58.0 Å². The summed E-state index contributed by atoms with van der Waals surface area (Å²) in [6, 6.07) is 23.7. The number of aryl methyl sites for hydroxylation is 1. The van der Waals surface area contributed by atoms with E-state index in [0.29, 0.717) is 37.6 Å². The molecular formula is C30H34BrN3O4. The molecular weight excluding hydrogens is 546 g/mol. The number of aliphatic hydroxyl groups is 1. The second kappa shape index (κ2) is 13.0. The van der Waals surface area contributed by atoms with Gasteiger partial charge in [0.25, 0.3) is 5.91 Å². The summed E-state index contributed by atoms with van der Waals surface area (Å²) in [6.07, 6.45) is 1.26. The van der Waals surface area contributed by atoms with Crippen molar-refractivity contribution in [1.82, 2.24) is 10.9 Å². The van der Waals surface area contributed by atoms with Crippen LogP contribution < -0.4 is 15.6 Å². The SMILES string of the molecule is Cc1ccc(CCNNC(=O)[C@@]2(Cc3ccc(Br)cc3)N=C(c3ccc(OCCCO)cc3)O[C@H]2C)cc1. The highest BCUT2D eigenvalue weighted by molar-refractivity contribution is 9.10. The highest BCUT2D eigenvalue weighted by Gasteiger charge is 2.50. The molecule has 1 aliphatic heterocycles. The molecule has 0 bridgehead atoms. The predicted octanol–water partition coefficient (Wildman–Crippen LogP) is 4.53. The summed E-state index contributed by atoms with van der Waals surface area (Å²) >= 11 is 3.48. The summed E-state index contributed by atoms with van der Waals surface area (Å²) in [6.45, 7) is 5.07. The summed E-state index contributed by atoms with van der Waals surface area (Å²) in [5.41, 5.74) is 9.00. The maximum absolute atomic E-state index is 13.7. The predicted molar refractivity (Wildman–Crippen MR) is 152 cm³/mol. The monoisotopic (exact) mass is 579 g/mol. The number of amides is 1. The van der Waals surface area contributed by atoms with E-state index >= 15 is 0 Å². The molecule has 0 unspecified atom stereocenters. The molecule has 8 heteroatoms. The Morgan fingerprint density at radius 2 is 1.74 bits per heavy atom. The number of ether oxygens (including phenoxy) is 2. The standard InChI is InChI=1S/C30H34BrN3O4/c1-21-4-6-23(7-5-21)16-17-32-34-29(36)30(20-24-8-12-26(31)13-9-24)22(2)38-28(33-30)25-10-14-27(15-11-25)37-19-3-18-35/h4-15,22,32,35H,3,16-20H2,1-2H3,(H,34,36)/t22-,30-/m0/s1. The Bertz CT molecular complexity index is 1230. The van der Waals surface area contributed by atoms with E-state index < -0.39 is 11.6 Å². The number of hydrogen-bond acceptors (Lipinski definition) is 6. The third kappa shape index (κ3) is 7.01. The van der Waals surface area contributed by atoms with Gasteiger partial charge in [0.15, 0.2) is 5.54 Å². The van der Waals surface area contributed by atoms with Gasteiger partial charge in [-0.15, -0.1) is 0 Å². The van der Waals surface area contributed by atoms with E-state index in [0.717, 1.165) is 22.0 Å². The zero-order chi connectivity index (χ0) is 27.0. The number of carbonyl (C=O) groups is 1. The van der Waals surface area contributed by atoms with Crippen molar-refractivity contribution in [3.8, 4) is 5.75 Å². The van der Waals surface area contributed by atoms with Crippen LogP contribution >= 0.6 is 15.9 Å². The third-order valence-electron chi connectivity index (χ3n) is 6.58. The van der Waals surface area contributed by atoms with Crippen molar-refractivity contribution in [2.45, 2.75) is 44.8 Å². The first-order valence-electron chi connectivity index (χ1n) is 12.8. The first kappa shape index (κ1) is 27.8. The number of hydrazine groups is 1. The average Bonchev–Trinajstić information content (AvgIpc) is 3.26. The lowest BCUT2D eigenvalue weighted by atomic mass is 9.86. The molecule has 0 saturated carbocycles. The van der Waals surface area contributed by atoms with Gasteiger partial charge in [-0.1, -0.05) is 57.9 Å². The minimum atomic E-state index is -1.14. The molecule has 4 rings (SSSR count). The van der Waals surface area contributed by atoms with E-state index in [-0.39, 0.29) is 12.5 Å². The van der Waals surface area contributed by atoms with Crippen LogP contribution in [0.25, 0.3) is 0 Å². The van der Waals surface area contributed by atoms with Gasteiger partial charge in [-0.05, 0) is 67.8 Å². The number of halogens is 1. The topological polar surface area (TPSA) is 92.2 Å². The first-order valence-corrected chi connectivity index (χ1v) is 13.6. The lowest BCUT2D eigenvalue weighted by molar-refractivity contribution is -0.129. The summed E-state index contributed by atoms with van der Waals surface area (Å²) in [5, 5.41) is 8.95. The quantitative estimate of drug-likeness (QED) is 0.216. The normalized spacial score (nSPS) is 18.5. The molecule has 0 radical (unpaired) electrons. The molecule has 0 aliphatic carbocycles. The molecule has 38 heavy (non-hydrogen) atoms. The molecule has 0 saturated heterocycles. The Morgan fingerprint density at radius 1 is 1.05 bits per heavy atom. The van der Waals surface area contributed by atoms with Gasteiger partial charge < -0.3 is 14.6 Å². The van der Waals surface area contributed by atoms with Gasteiger partial charge in [-0.2, -0.15) is 0 Å². The highest BCUT2D eigenvalue weighted by Crippen LogP contribution is 2.33. The maximum Gasteiger partial charge on any atom is 0.266 e. The van der Waals surface area contributed by atoms with E-state index in [1.165, 1.54) is 11.1 Å². The van der Waals surface area contributed by atoms with Crippen molar-refractivity contribution in [3.63, 3.8) is 0 Å². The van der Waals surface area contributed by atoms with Gasteiger partial charge in [0.05, 0.1) is 6.61 Å². The second-order valence-corrected chi connectivity index (χ2v) is 10.4. The van der Waals surface area contributed by atoms with Gasteiger partial charge in [0.2, 0.25) is 5.90 Å². The number of hydrogen-bond donors (Lipinski definition) is 3. The number of benzene rings is 3. The van der Waals surface area contributed by atoms with Crippen LogP contribution in [0.2, 0.25) is 0 Å². The van der Waals surface area contributed by atoms with E-state index in [1.807, 2.05) is 55.5 Å². The van der Waals surface area contributed by atoms with Crippen LogP contribution in [-0.2, 0) is 22.4 Å². The second-order valence-electron chi connectivity index (χ2n) is 9.47. The van der Waals surface area contributed by atoms with Crippen molar-refractivity contribution >= 4 is 27.7 Å². The third-order valence-corrected chi connectivity index (χ3v) is 7.10. The molecule has 0 spiro atoms. The zero-order valence-electron chi connectivity index (χ0n) is 21.7. The van der Waals surface area contributed by atoms with Gasteiger partial charge in [0.1, 0.15) is 11.9 Å². The number of aliphatic hydroxyl groups excluding tert-OH is 1. The smallest absolute Gasteiger partial charge is 0.266 e. The summed E-state index contributed by atoms with van der Waals surface area (Å²) in [4.78, 5) is 18.6. The van der Waals surface area contributed by atoms with Crippen LogP contribution in [0.1, 0.15) is 35.6 Å². The molecule has 3 aromatic carbocycles. The van der Waals surface area contributed by atoms with Gasteiger partial charge in [0, 0.05) is 36.0 Å². The Labute approximate surface area is 232 Å². The number of nitrogens with one attached hydrogen (secondary N) is 2. The van der Waals surface area contributed by atoms with Gasteiger partial charge in [-0.25, -0.2) is 10.4 Å². The van der Waals surface area contributed by atoms with Crippen molar-refractivity contribution in [3.05, 3.63) is 99.5 Å². The molecule has 2 atom stereocenters. The van der Waals surface area contributed by atoms with Crippen LogP contribution in [0.3, 0.4) is 0 Å². The highest BCUT2D eigenvalue weighted by atomic mass is 79.9. The van der Waals surface area contributed by atoms with E-state index in [1.54, 1.807) is 0 Å². The maximum atomic E-state index is 13.7.